The van der Waals surface area contributed by atoms with Crippen LogP contribution in [0, 0.1) is 0 Å². The van der Waals surface area contributed by atoms with Gasteiger partial charge in [-0.25, -0.2) is 0 Å². The summed E-state index contributed by atoms with van der Waals surface area (Å²) in [4.78, 5) is 12.4. The highest BCUT2D eigenvalue weighted by molar-refractivity contribution is 9.10. The monoisotopic (exact) mass is 316 g/mol. The molecule has 0 bridgehead atoms. The smallest absolute Gasteiger partial charge is 0.235 e. The van der Waals surface area contributed by atoms with Crippen molar-refractivity contribution in [1.82, 2.24) is 5.32 Å². The highest BCUT2D eigenvalue weighted by atomic mass is 79.9. The number of carbonyl (C=O) groups excluding carboxylic acids is 1. The molecule has 1 rings (SSSR count). The van der Waals surface area contributed by atoms with Crippen molar-refractivity contribution in [3.63, 3.8) is 0 Å². The maximum Gasteiger partial charge on any atom is 0.235 e. The number of thioether (sulfide) groups is 1. The average molecular weight is 317 g/mol. The number of halogens is 1. The molecule has 0 radical (unpaired) electrons. The minimum atomic E-state index is -0.304. The van der Waals surface area contributed by atoms with Crippen LogP contribution in [0.15, 0.2) is 33.6 Å². The molecule has 94 valence electrons. The zero-order valence-corrected chi connectivity index (χ0v) is 12.3. The molecule has 0 saturated carbocycles. The third-order valence-corrected chi connectivity index (χ3v) is 3.67. The molecular weight excluding hydrogens is 300 g/mol. The number of rotatable bonds is 6. The van der Waals surface area contributed by atoms with E-state index in [4.69, 9.17) is 5.73 Å². The molecule has 0 aliphatic carbocycles. The van der Waals surface area contributed by atoms with Crippen LogP contribution in [-0.4, -0.2) is 23.7 Å². The molecule has 3 N–H and O–H groups in total. The average Bonchev–Trinajstić information content (AvgIpc) is 2.23. The lowest BCUT2D eigenvalue weighted by Gasteiger charge is -2.17. The van der Waals surface area contributed by atoms with Crippen LogP contribution in [0.5, 0.6) is 0 Å². The van der Waals surface area contributed by atoms with E-state index in [-0.39, 0.29) is 18.0 Å². The van der Waals surface area contributed by atoms with Gasteiger partial charge in [-0.15, -0.1) is 11.8 Å². The van der Waals surface area contributed by atoms with Crippen LogP contribution in [0.1, 0.15) is 13.8 Å². The zero-order chi connectivity index (χ0) is 12.8. The zero-order valence-electron chi connectivity index (χ0n) is 9.94. The van der Waals surface area contributed by atoms with Crippen molar-refractivity contribution < 1.29 is 4.79 Å². The van der Waals surface area contributed by atoms with E-state index in [1.807, 2.05) is 38.1 Å². The Morgan fingerprint density at radius 1 is 1.53 bits per heavy atom. The van der Waals surface area contributed by atoms with Gasteiger partial charge in [-0.1, -0.05) is 35.8 Å². The number of hydrogen-bond acceptors (Lipinski definition) is 3. The minimum absolute atomic E-state index is 0.246. The summed E-state index contributed by atoms with van der Waals surface area (Å²) in [6.07, 6.45) is 0. The summed E-state index contributed by atoms with van der Waals surface area (Å²) in [5.74, 6) is 0.338. The summed E-state index contributed by atoms with van der Waals surface area (Å²) in [5.41, 5.74) is 5.36. The molecule has 0 aliphatic heterocycles. The third kappa shape index (κ3) is 5.57. The molecular formula is C12H17BrN2OS. The normalized spacial score (nSPS) is 12.7. The Balaban J connectivity index is 2.54. The Hall–Kier alpha value is -0.520. The lowest BCUT2D eigenvalue weighted by molar-refractivity contribution is -0.119. The highest BCUT2D eigenvalue weighted by Gasteiger charge is 2.16. The largest absolute Gasteiger partial charge is 0.368 e. The van der Waals surface area contributed by atoms with Crippen LogP contribution < -0.4 is 11.1 Å². The molecule has 5 heteroatoms. The number of amides is 1. The van der Waals surface area contributed by atoms with Crippen LogP contribution in [0.4, 0.5) is 0 Å². The van der Waals surface area contributed by atoms with E-state index in [0.29, 0.717) is 5.75 Å². The van der Waals surface area contributed by atoms with E-state index in [1.54, 1.807) is 11.8 Å². The molecule has 1 aromatic carbocycles. The Bertz CT molecular complexity index is 385. The van der Waals surface area contributed by atoms with Gasteiger partial charge in [0.25, 0.3) is 0 Å². The van der Waals surface area contributed by atoms with Gasteiger partial charge in [0, 0.05) is 21.2 Å². The van der Waals surface area contributed by atoms with Gasteiger partial charge in [-0.2, -0.15) is 0 Å². The fraction of sp³-hybridized carbons (Fsp3) is 0.417. The summed E-state index contributed by atoms with van der Waals surface area (Å²) in [6.45, 7) is 4.00. The quantitative estimate of drug-likeness (QED) is 0.792. The maximum absolute atomic E-state index is 11.3. The van der Waals surface area contributed by atoms with E-state index >= 15 is 0 Å². The van der Waals surface area contributed by atoms with Gasteiger partial charge >= 0.3 is 0 Å². The van der Waals surface area contributed by atoms with Crippen LogP contribution in [-0.2, 0) is 4.79 Å². The van der Waals surface area contributed by atoms with Crippen LogP contribution in [0.25, 0.3) is 0 Å². The van der Waals surface area contributed by atoms with Gasteiger partial charge in [0.1, 0.15) is 0 Å². The minimum Gasteiger partial charge on any atom is -0.368 e. The van der Waals surface area contributed by atoms with Crippen molar-refractivity contribution in [3.8, 4) is 0 Å². The van der Waals surface area contributed by atoms with Gasteiger partial charge < -0.3 is 11.1 Å². The molecule has 3 nitrogen and oxygen atoms in total. The number of carbonyl (C=O) groups is 1. The first kappa shape index (κ1) is 14.5. The van der Waals surface area contributed by atoms with Crippen LogP contribution in [0.2, 0.25) is 0 Å². The van der Waals surface area contributed by atoms with Crippen molar-refractivity contribution in [2.75, 3.05) is 5.75 Å². The van der Waals surface area contributed by atoms with Gasteiger partial charge in [0.2, 0.25) is 5.91 Å². The second-order valence-electron chi connectivity index (χ2n) is 4.04. The first-order valence-electron chi connectivity index (χ1n) is 5.42. The predicted octanol–water partition coefficient (Wildman–Crippen LogP) is 2.39. The van der Waals surface area contributed by atoms with Crippen molar-refractivity contribution in [1.29, 1.82) is 0 Å². The van der Waals surface area contributed by atoms with Gasteiger partial charge in [0.15, 0.2) is 0 Å². The fourth-order valence-electron chi connectivity index (χ4n) is 1.35. The Labute approximate surface area is 115 Å². The lowest BCUT2D eigenvalue weighted by atomic mass is 10.3. The number of nitrogens with one attached hydrogen (secondary N) is 1. The first-order chi connectivity index (χ1) is 7.99. The van der Waals surface area contributed by atoms with Crippen molar-refractivity contribution in [2.24, 2.45) is 5.73 Å². The second-order valence-corrected chi connectivity index (χ2v) is 6.05. The lowest BCUT2D eigenvalue weighted by Crippen LogP contribution is -2.46. The maximum atomic E-state index is 11.3. The van der Waals surface area contributed by atoms with E-state index in [2.05, 4.69) is 21.2 Å². The molecule has 1 aromatic rings. The first-order valence-corrected chi connectivity index (χ1v) is 7.20. The summed E-state index contributed by atoms with van der Waals surface area (Å²) in [7, 11) is 0. The molecule has 0 heterocycles. The standard InChI is InChI=1S/C12H17BrN2OS/c1-8(2)15-11(12(14)16)7-17-10-5-3-4-9(13)6-10/h3-6,8,11,15H,7H2,1-2H3,(H2,14,16). The number of hydrogen-bond donors (Lipinski definition) is 2. The molecule has 1 atom stereocenters. The molecule has 1 amide bonds. The molecule has 0 spiro atoms. The number of benzene rings is 1. The van der Waals surface area contributed by atoms with Crippen LogP contribution in [0.3, 0.4) is 0 Å². The van der Waals surface area contributed by atoms with Crippen LogP contribution >= 0.6 is 27.7 Å². The summed E-state index contributed by atoms with van der Waals surface area (Å²) in [5, 5.41) is 3.16. The molecule has 0 fully saturated rings. The SMILES string of the molecule is CC(C)NC(CSc1cccc(Br)c1)C(N)=O. The van der Waals surface area contributed by atoms with Gasteiger partial charge in [0.05, 0.1) is 6.04 Å². The van der Waals surface area contributed by atoms with Crippen molar-refractivity contribution >= 4 is 33.6 Å². The summed E-state index contributed by atoms with van der Waals surface area (Å²) < 4.78 is 1.04. The summed E-state index contributed by atoms with van der Waals surface area (Å²) >= 11 is 5.04. The van der Waals surface area contributed by atoms with Crippen molar-refractivity contribution in [3.05, 3.63) is 28.7 Å². The van der Waals surface area contributed by atoms with Crippen molar-refractivity contribution in [2.45, 2.75) is 30.8 Å². The fourth-order valence-corrected chi connectivity index (χ4v) is 2.91. The molecule has 0 aromatic heterocycles. The van der Waals surface area contributed by atoms with E-state index in [0.717, 1.165) is 9.37 Å². The van der Waals surface area contributed by atoms with E-state index in [9.17, 15) is 4.79 Å². The molecule has 0 saturated heterocycles. The molecule has 0 aliphatic rings. The number of primary amides is 1. The Kier molecular flexibility index (Phi) is 6.02. The predicted molar refractivity (Wildman–Crippen MR) is 76.1 cm³/mol. The Morgan fingerprint density at radius 2 is 2.24 bits per heavy atom. The third-order valence-electron chi connectivity index (χ3n) is 2.09. The van der Waals surface area contributed by atoms with Gasteiger partial charge in [-0.05, 0) is 18.2 Å². The highest BCUT2D eigenvalue weighted by Crippen LogP contribution is 2.22. The topological polar surface area (TPSA) is 55.1 Å². The molecule has 1 unspecified atom stereocenters. The number of nitrogens with two attached hydrogens (primary N) is 1. The molecule has 17 heavy (non-hydrogen) atoms. The van der Waals surface area contributed by atoms with E-state index < -0.39 is 0 Å². The van der Waals surface area contributed by atoms with Gasteiger partial charge in [-0.3, -0.25) is 4.79 Å². The summed E-state index contributed by atoms with van der Waals surface area (Å²) in [6, 6.07) is 7.94. The second kappa shape index (κ2) is 7.03. The Morgan fingerprint density at radius 3 is 2.76 bits per heavy atom. The van der Waals surface area contributed by atoms with E-state index in [1.165, 1.54) is 0 Å².